The van der Waals surface area contributed by atoms with E-state index < -0.39 is 5.60 Å². The molecule has 164 valence electrons. The molecule has 1 N–H and O–H groups in total. The van der Waals surface area contributed by atoms with Crippen LogP contribution < -0.4 is 5.32 Å². The summed E-state index contributed by atoms with van der Waals surface area (Å²) in [5.74, 6) is 1.35. The molecule has 0 bridgehead atoms. The topological polar surface area (TPSA) is 61.9 Å². The van der Waals surface area contributed by atoms with Gasteiger partial charge in [-0.25, -0.2) is 4.79 Å². The molecule has 0 aliphatic carbocycles. The highest BCUT2D eigenvalue weighted by Crippen LogP contribution is 2.40. The van der Waals surface area contributed by atoms with Crippen LogP contribution in [0.4, 0.5) is 10.5 Å². The number of nitrogens with zero attached hydrogens (tertiary/aromatic N) is 2. The molecule has 0 spiro atoms. The number of rotatable bonds is 3. The third kappa shape index (κ3) is 4.57. The quantitative estimate of drug-likeness (QED) is 0.806. The summed E-state index contributed by atoms with van der Waals surface area (Å²) in [6.45, 7) is 8.97. The molecule has 0 saturated carbocycles. The van der Waals surface area contributed by atoms with Gasteiger partial charge in [0.1, 0.15) is 5.60 Å². The first-order valence-corrected chi connectivity index (χ1v) is 11.4. The Labute approximate surface area is 179 Å². The largest absolute Gasteiger partial charge is 0.444 e. The third-order valence-corrected chi connectivity index (χ3v) is 6.75. The molecular weight excluding hydrogens is 378 g/mol. The zero-order valence-electron chi connectivity index (χ0n) is 18.5. The van der Waals surface area contributed by atoms with Gasteiger partial charge in [-0.2, -0.15) is 0 Å². The molecule has 3 aliphatic heterocycles. The summed E-state index contributed by atoms with van der Waals surface area (Å²) < 4.78 is 5.53. The number of ether oxygens (including phenoxy) is 1. The van der Waals surface area contributed by atoms with Crippen LogP contribution in [0.15, 0.2) is 24.3 Å². The van der Waals surface area contributed by atoms with E-state index in [4.69, 9.17) is 4.74 Å². The number of nitrogens with one attached hydrogen (secondary N) is 1. The van der Waals surface area contributed by atoms with Crippen molar-refractivity contribution in [2.24, 2.45) is 5.92 Å². The first-order chi connectivity index (χ1) is 14.3. The molecule has 0 radical (unpaired) electrons. The van der Waals surface area contributed by atoms with Crippen LogP contribution in [0.5, 0.6) is 0 Å². The van der Waals surface area contributed by atoms with Crippen LogP contribution in [-0.2, 0) is 9.53 Å². The Morgan fingerprint density at radius 2 is 1.83 bits per heavy atom. The van der Waals surface area contributed by atoms with Crippen LogP contribution in [0.2, 0.25) is 0 Å². The molecule has 6 nitrogen and oxygen atoms in total. The van der Waals surface area contributed by atoms with Crippen molar-refractivity contribution in [2.45, 2.75) is 70.4 Å². The van der Waals surface area contributed by atoms with Gasteiger partial charge in [0.15, 0.2) is 0 Å². The number of para-hydroxylation sites is 1. The molecule has 2 atom stereocenters. The molecule has 4 rings (SSSR count). The maximum Gasteiger partial charge on any atom is 0.410 e. The normalized spacial score (nSPS) is 24.5. The second-order valence-electron chi connectivity index (χ2n) is 9.97. The van der Waals surface area contributed by atoms with Gasteiger partial charge in [-0.3, -0.25) is 4.79 Å². The van der Waals surface area contributed by atoms with Crippen LogP contribution in [0.1, 0.15) is 64.4 Å². The van der Waals surface area contributed by atoms with E-state index in [0.29, 0.717) is 24.8 Å². The van der Waals surface area contributed by atoms with Gasteiger partial charge in [-0.15, -0.1) is 0 Å². The number of hydrogen-bond donors (Lipinski definition) is 1. The first-order valence-electron chi connectivity index (χ1n) is 11.4. The lowest BCUT2D eigenvalue weighted by Gasteiger charge is -2.36. The summed E-state index contributed by atoms with van der Waals surface area (Å²) in [5.41, 5.74) is 2.19. The predicted molar refractivity (Wildman–Crippen MR) is 118 cm³/mol. The van der Waals surface area contributed by atoms with E-state index in [1.807, 2.05) is 25.7 Å². The van der Waals surface area contributed by atoms with E-state index in [-0.39, 0.29) is 18.0 Å². The summed E-state index contributed by atoms with van der Waals surface area (Å²) >= 11 is 0. The lowest BCUT2D eigenvalue weighted by Crippen LogP contribution is -2.45. The number of carbonyl (C=O) groups is 2. The fourth-order valence-electron chi connectivity index (χ4n) is 5.22. The highest BCUT2D eigenvalue weighted by Gasteiger charge is 2.36. The number of anilines is 1. The van der Waals surface area contributed by atoms with E-state index in [1.165, 1.54) is 11.3 Å². The highest BCUT2D eigenvalue weighted by atomic mass is 16.6. The highest BCUT2D eigenvalue weighted by molar-refractivity contribution is 5.78. The number of likely N-dealkylation sites (tertiary alicyclic amines) is 2. The van der Waals surface area contributed by atoms with E-state index in [9.17, 15) is 9.59 Å². The molecule has 1 aromatic carbocycles. The minimum Gasteiger partial charge on any atom is -0.444 e. The molecule has 6 heteroatoms. The Kier molecular flexibility index (Phi) is 5.94. The van der Waals surface area contributed by atoms with E-state index in [2.05, 4.69) is 29.6 Å². The molecule has 2 fully saturated rings. The maximum absolute atomic E-state index is 13.0. The van der Waals surface area contributed by atoms with Crippen molar-refractivity contribution in [1.82, 2.24) is 9.80 Å². The van der Waals surface area contributed by atoms with Crippen molar-refractivity contribution in [3.63, 3.8) is 0 Å². The second kappa shape index (κ2) is 8.48. The number of piperidine rings is 1. The maximum atomic E-state index is 13.0. The predicted octanol–water partition coefficient (Wildman–Crippen LogP) is 4.22. The summed E-state index contributed by atoms with van der Waals surface area (Å²) in [6, 6.07) is 8.57. The Hall–Kier alpha value is -2.24. The average molecular weight is 414 g/mol. The van der Waals surface area contributed by atoms with E-state index >= 15 is 0 Å². The summed E-state index contributed by atoms with van der Waals surface area (Å²) in [5, 5.41) is 3.53. The molecular formula is C24H35N3O3. The fraction of sp³-hybridized carbons (Fsp3) is 0.667. The monoisotopic (exact) mass is 413 g/mol. The Bertz CT molecular complexity index is 780. The van der Waals surface area contributed by atoms with Gasteiger partial charge in [0.05, 0.1) is 0 Å². The molecule has 3 heterocycles. The van der Waals surface area contributed by atoms with Crippen molar-refractivity contribution >= 4 is 17.7 Å². The van der Waals surface area contributed by atoms with Crippen LogP contribution in [0.3, 0.4) is 0 Å². The van der Waals surface area contributed by atoms with E-state index in [1.54, 1.807) is 4.90 Å². The number of fused-ring (bicyclic) bond motifs is 1. The van der Waals surface area contributed by atoms with Crippen molar-refractivity contribution in [3.8, 4) is 0 Å². The van der Waals surface area contributed by atoms with Crippen molar-refractivity contribution in [3.05, 3.63) is 29.8 Å². The van der Waals surface area contributed by atoms with Crippen LogP contribution in [0.25, 0.3) is 0 Å². The van der Waals surface area contributed by atoms with Gasteiger partial charge in [-0.1, -0.05) is 18.2 Å². The molecule has 1 aromatic rings. The van der Waals surface area contributed by atoms with Crippen LogP contribution in [0, 0.1) is 5.92 Å². The minimum absolute atomic E-state index is 0.0315. The molecule has 2 amide bonds. The zero-order chi connectivity index (χ0) is 21.3. The number of hydrogen-bond acceptors (Lipinski definition) is 4. The molecule has 0 aromatic heterocycles. The Balaban J connectivity index is 1.29. The van der Waals surface area contributed by atoms with Crippen molar-refractivity contribution in [2.75, 3.05) is 31.5 Å². The minimum atomic E-state index is -0.510. The van der Waals surface area contributed by atoms with Gasteiger partial charge in [0.2, 0.25) is 5.91 Å². The Morgan fingerprint density at radius 1 is 1.10 bits per heavy atom. The van der Waals surface area contributed by atoms with Crippen LogP contribution >= 0.6 is 0 Å². The van der Waals surface area contributed by atoms with Gasteiger partial charge < -0.3 is 19.9 Å². The van der Waals surface area contributed by atoms with Crippen molar-refractivity contribution in [1.29, 1.82) is 0 Å². The van der Waals surface area contributed by atoms with Gasteiger partial charge >= 0.3 is 6.09 Å². The summed E-state index contributed by atoms with van der Waals surface area (Å²) in [6.07, 6.45) is 4.04. The SMILES string of the molecule is CC(C)(C)OC(=O)N1CCC[C@H]1CC(=O)N1CCC(C2CNc3ccccc32)CC1. The molecule has 2 saturated heterocycles. The number of amides is 2. The standard InChI is InChI=1S/C24H35N3O3/c1-24(2,3)30-23(29)27-12-6-7-18(27)15-22(28)26-13-10-17(11-14-26)20-16-25-21-9-5-4-8-19(20)21/h4-5,8-9,17-18,20,25H,6-7,10-16H2,1-3H3/t18-,20?/m0/s1. The molecule has 3 aliphatic rings. The number of carbonyl (C=O) groups excluding carboxylic acids is 2. The van der Waals surface area contributed by atoms with Crippen molar-refractivity contribution < 1.29 is 14.3 Å². The zero-order valence-corrected chi connectivity index (χ0v) is 18.5. The smallest absolute Gasteiger partial charge is 0.410 e. The third-order valence-electron chi connectivity index (χ3n) is 6.75. The second-order valence-corrected chi connectivity index (χ2v) is 9.97. The summed E-state index contributed by atoms with van der Waals surface area (Å²) in [4.78, 5) is 29.2. The van der Waals surface area contributed by atoms with E-state index in [0.717, 1.165) is 45.3 Å². The lowest BCUT2D eigenvalue weighted by atomic mass is 9.81. The summed E-state index contributed by atoms with van der Waals surface area (Å²) in [7, 11) is 0. The Morgan fingerprint density at radius 3 is 2.57 bits per heavy atom. The lowest BCUT2D eigenvalue weighted by molar-refractivity contribution is -0.133. The first kappa shape index (κ1) is 21.0. The average Bonchev–Trinajstić information content (AvgIpc) is 3.33. The number of benzene rings is 1. The van der Waals surface area contributed by atoms with Gasteiger partial charge in [-0.05, 0) is 64.0 Å². The van der Waals surface area contributed by atoms with Gasteiger partial charge in [0, 0.05) is 50.2 Å². The van der Waals surface area contributed by atoms with Gasteiger partial charge in [0.25, 0.3) is 0 Å². The molecule has 30 heavy (non-hydrogen) atoms. The fourth-order valence-corrected chi connectivity index (χ4v) is 5.22. The molecule has 1 unspecified atom stereocenters. The van der Waals surface area contributed by atoms with Crippen LogP contribution in [-0.4, -0.2) is 59.6 Å².